The van der Waals surface area contributed by atoms with Crippen molar-refractivity contribution in [1.82, 2.24) is 16.0 Å². The Morgan fingerprint density at radius 3 is 1.92 bits per heavy atom. The SMILES string of the molecule is O=CCCNC1C(O)C(NCCC(=O)O)C(O)C(NCC(O)CO)C1O. The molecule has 1 saturated carbocycles. The molecule has 9 N–H and O–H groups in total. The molecule has 26 heavy (non-hydrogen) atoms. The molecule has 152 valence electrons. The number of aliphatic hydroxyl groups excluding tert-OH is 5. The van der Waals surface area contributed by atoms with E-state index in [0.29, 0.717) is 6.29 Å². The largest absolute Gasteiger partial charge is 0.481 e. The van der Waals surface area contributed by atoms with Crippen molar-refractivity contribution in [1.29, 1.82) is 0 Å². The molecule has 11 nitrogen and oxygen atoms in total. The number of aliphatic hydroxyl groups is 5. The number of carboxylic acid groups (broad SMARTS) is 1. The first-order valence-electron chi connectivity index (χ1n) is 8.52. The predicted octanol–water partition coefficient (Wildman–Crippen LogP) is -4.63. The third-order valence-electron chi connectivity index (χ3n) is 4.37. The summed E-state index contributed by atoms with van der Waals surface area (Å²) in [7, 11) is 0. The van der Waals surface area contributed by atoms with Gasteiger partial charge in [-0.3, -0.25) is 4.79 Å². The van der Waals surface area contributed by atoms with E-state index in [2.05, 4.69) is 16.0 Å². The molecular formula is C15H29N3O8. The first-order valence-corrected chi connectivity index (χ1v) is 8.52. The summed E-state index contributed by atoms with van der Waals surface area (Å²) in [4.78, 5) is 21.1. The molecule has 11 heteroatoms. The molecule has 0 saturated heterocycles. The van der Waals surface area contributed by atoms with Crippen molar-refractivity contribution in [3.05, 3.63) is 0 Å². The predicted molar refractivity (Wildman–Crippen MR) is 89.4 cm³/mol. The van der Waals surface area contributed by atoms with E-state index in [-0.39, 0.29) is 32.5 Å². The highest BCUT2D eigenvalue weighted by molar-refractivity contribution is 5.66. The van der Waals surface area contributed by atoms with Gasteiger partial charge >= 0.3 is 5.97 Å². The van der Waals surface area contributed by atoms with Crippen LogP contribution < -0.4 is 16.0 Å². The molecule has 0 aromatic rings. The minimum atomic E-state index is -1.29. The maximum Gasteiger partial charge on any atom is 0.304 e. The Morgan fingerprint density at radius 2 is 1.46 bits per heavy atom. The van der Waals surface area contributed by atoms with Gasteiger partial charge in [0.15, 0.2) is 0 Å². The quantitative estimate of drug-likeness (QED) is 0.117. The van der Waals surface area contributed by atoms with E-state index >= 15 is 0 Å². The number of carbonyl (C=O) groups is 2. The molecule has 0 aromatic carbocycles. The Hall–Kier alpha value is -1.18. The molecule has 1 aliphatic rings. The normalized spacial score (nSPS) is 33.0. The van der Waals surface area contributed by atoms with Crippen LogP contribution in [0.5, 0.6) is 0 Å². The van der Waals surface area contributed by atoms with E-state index in [0.717, 1.165) is 0 Å². The van der Waals surface area contributed by atoms with Crippen molar-refractivity contribution in [2.75, 3.05) is 26.2 Å². The third-order valence-corrected chi connectivity index (χ3v) is 4.37. The zero-order chi connectivity index (χ0) is 19.7. The van der Waals surface area contributed by atoms with Gasteiger partial charge in [-0.05, 0) is 0 Å². The van der Waals surface area contributed by atoms with Gasteiger partial charge in [-0.15, -0.1) is 0 Å². The van der Waals surface area contributed by atoms with Crippen molar-refractivity contribution < 1.29 is 40.2 Å². The number of hydrogen-bond donors (Lipinski definition) is 9. The summed E-state index contributed by atoms with van der Waals surface area (Å²) in [5.74, 6) is -1.04. The zero-order valence-corrected chi connectivity index (χ0v) is 14.4. The van der Waals surface area contributed by atoms with Crippen molar-refractivity contribution >= 4 is 12.3 Å². The van der Waals surface area contributed by atoms with E-state index in [4.69, 9.17) is 10.2 Å². The van der Waals surface area contributed by atoms with Crippen molar-refractivity contribution in [3.63, 3.8) is 0 Å². The van der Waals surface area contributed by atoms with Crippen LogP contribution in [0.15, 0.2) is 0 Å². The Kier molecular flexibility index (Phi) is 10.1. The van der Waals surface area contributed by atoms with E-state index < -0.39 is 55.1 Å². The van der Waals surface area contributed by atoms with E-state index in [1.165, 1.54) is 0 Å². The van der Waals surface area contributed by atoms with Gasteiger partial charge in [-0.2, -0.15) is 0 Å². The number of rotatable bonds is 12. The lowest BCUT2D eigenvalue weighted by Crippen LogP contribution is -2.74. The molecule has 0 spiro atoms. The Balaban J connectivity index is 2.85. The van der Waals surface area contributed by atoms with Crippen LogP contribution in [0.1, 0.15) is 12.8 Å². The van der Waals surface area contributed by atoms with Crippen LogP contribution in [0.4, 0.5) is 0 Å². The van der Waals surface area contributed by atoms with E-state index in [1.807, 2.05) is 0 Å². The number of aliphatic carboxylic acids is 1. The summed E-state index contributed by atoms with van der Waals surface area (Å²) in [6.45, 7) is -0.409. The van der Waals surface area contributed by atoms with Crippen molar-refractivity contribution in [2.24, 2.45) is 0 Å². The molecule has 0 aliphatic heterocycles. The second-order valence-electron chi connectivity index (χ2n) is 6.30. The highest BCUT2D eigenvalue weighted by Gasteiger charge is 2.48. The van der Waals surface area contributed by atoms with Crippen molar-refractivity contribution in [2.45, 2.75) is 55.4 Å². The average molecular weight is 379 g/mol. The van der Waals surface area contributed by atoms with Gasteiger partial charge in [0, 0.05) is 26.1 Å². The van der Waals surface area contributed by atoms with Crippen LogP contribution in [0.3, 0.4) is 0 Å². The summed E-state index contributed by atoms with van der Waals surface area (Å²) in [6, 6.07) is -2.81. The fourth-order valence-electron chi connectivity index (χ4n) is 2.99. The molecule has 0 heterocycles. The second-order valence-corrected chi connectivity index (χ2v) is 6.30. The number of carboxylic acids is 1. The number of carbonyl (C=O) groups excluding carboxylic acids is 1. The highest BCUT2D eigenvalue weighted by atomic mass is 16.4. The van der Waals surface area contributed by atoms with E-state index in [1.54, 1.807) is 0 Å². The molecule has 0 radical (unpaired) electrons. The molecule has 0 aromatic heterocycles. The summed E-state index contributed by atoms with van der Waals surface area (Å²) in [5.41, 5.74) is 0. The first-order chi connectivity index (χ1) is 12.3. The fraction of sp³-hybridized carbons (Fsp3) is 0.867. The van der Waals surface area contributed by atoms with Gasteiger partial charge in [-0.25, -0.2) is 0 Å². The molecule has 1 rings (SSSR count). The lowest BCUT2D eigenvalue weighted by atomic mass is 9.79. The fourth-order valence-corrected chi connectivity index (χ4v) is 2.99. The average Bonchev–Trinajstić information content (AvgIpc) is 2.60. The highest BCUT2D eigenvalue weighted by Crippen LogP contribution is 2.22. The molecule has 7 unspecified atom stereocenters. The molecular weight excluding hydrogens is 350 g/mol. The number of aldehydes is 1. The van der Waals surface area contributed by atoms with Gasteiger partial charge in [0.25, 0.3) is 0 Å². The lowest BCUT2D eigenvalue weighted by Gasteiger charge is -2.47. The zero-order valence-electron chi connectivity index (χ0n) is 14.4. The summed E-state index contributed by atoms with van der Waals surface area (Å²) < 4.78 is 0. The van der Waals surface area contributed by atoms with Crippen molar-refractivity contribution in [3.8, 4) is 0 Å². The lowest BCUT2D eigenvalue weighted by molar-refractivity contribution is -0.137. The number of hydrogen-bond acceptors (Lipinski definition) is 10. The summed E-state index contributed by atoms with van der Waals surface area (Å²) >= 11 is 0. The maximum absolute atomic E-state index is 10.7. The van der Waals surface area contributed by atoms with Gasteiger partial charge in [0.05, 0.1) is 55.6 Å². The van der Waals surface area contributed by atoms with Crippen LogP contribution in [-0.2, 0) is 9.59 Å². The molecule has 0 bridgehead atoms. The molecule has 7 atom stereocenters. The van der Waals surface area contributed by atoms with Crippen LogP contribution >= 0.6 is 0 Å². The topological polar surface area (TPSA) is 192 Å². The third kappa shape index (κ3) is 6.52. The van der Waals surface area contributed by atoms with Crippen LogP contribution in [0.25, 0.3) is 0 Å². The van der Waals surface area contributed by atoms with Crippen LogP contribution in [-0.4, -0.2) is 112 Å². The minimum Gasteiger partial charge on any atom is -0.481 e. The molecule has 1 aliphatic carbocycles. The maximum atomic E-state index is 10.7. The number of nitrogens with one attached hydrogen (secondary N) is 3. The monoisotopic (exact) mass is 379 g/mol. The van der Waals surface area contributed by atoms with Gasteiger partial charge in [0.1, 0.15) is 6.29 Å². The summed E-state index contributed by atoms with van der Waals surface area (Å²) in [6.07, 6.45) is -4.26. The van der Waals surface area contributed by atoms with Gasteiger partial charge < -0.3 is 51.4 Å². The Bertz CT molecular complexity index is 441. The Morgan fingerprint density at radius 1 is 0.962 bits per heavy atom. The van der Waals surface area contributed by atoms with Gasteiger partial charge in [0.2, 0.25) is 0 Å². The standard InChI is InChI=1S/C15H29N3O8/c19-5-1-3-16-10-13(24)11(17-4-2-9(22)23)15(26)12(14(10)25)18-6-8(21)7-20/h5,8,10-18,20-21,24-26H,1-4,6-7H2,(H,22,23). The Labute approximate surface area is 151 Å². The second kappa shape index (κ2) is 11.5. The smallest absolute Gasteiger partial charge is 0.304 e. The van der Waals surface area contributed by atoms with Gasteiger partial charge in [-0.1, -0.05) is 0 Å². The first kappa shape index (κ1) is 22.9. The summed E-state index contributed by atoms with van der Waals surface area (Å²) in [5, 5.41) is 66.9. The molecule has 1 fully saturated rings. The minimum absolute atomic E-state index is 0.00272. The molecule has 0 amide bonds. The van der Waals surface area contributed by atoms with Crippen LogP contribution in [0, 0.1) is 0 Å². The van der Waals surface area contributed by atoms with Crippen LogP contribution in [0.2, 0.25) is 0 Å². The van der Waals surface area contributed by atoms with E-state index in [9.17, 15) is 30.0 Å².